The molecule has 0 bridgehead atoms. The van der Waals surface area contributed by atoms with Gasteiger partial charge >= 0.3 is 0 Å². The van der Waals surface area contributed by atoms with Crippen LogP contribution in [0, 0.1) is 0 Å². The van der Waals surface area contributed by atoms with Crippen molar-refractivity contribution in [2.24, 2.45) is 0 Å². The lowest BCUT2D eigenvalue weighted by atomic mass is 10.3. The van der Waals surface area contributed by atoms with E-state index in [1.54, 1.807) is 24.3 Å². The predicted octanol–water partition coefficient (Wildman–Crippen LogP) is 0.620. The minimum Gasteiger partial charge on any atom is -0.492 e. The van der Waals surface area contributed by atoms with Crippen molar-refractivity contribution in [2.45, 2.75) is 4.90 Å². The molecule has 5 nitrogen and oxygen atoms in total. The summed E-state index contributed by atoms with van der Waals surface area (Å²) in [5.74, 6) is 0.581. The maximum Gasteiger partial charge on any atom is 0.175 e. The maximum atomic E-state index is 11.4. The molecule has 0 heterocycles. The fourth-order valence-corrected chi connectivity index (χ4v) is 2.12. The van der Waals surface area contributed by atoms with Crippen LogP contribution >= 0.6 is 0 Å². The van der Waals surface area contributed by atoms with Crippen LogP contribution in [0.5, 0.6) is 5.75 Å². The van der Waals surface area contributed by atoms with Crippen LogP contribution in [-0.2, 0) is 9.84 Å². The fraction of sp³-hybridized carbons (Fsp3) is 0.538. The molecule has 0 fully saturated rings. The molecule has 0 aliphatic carbocycles. The van der Waals surface area contributed by atoms with E-state index in [1.807, 2.05) is 14.1 Å². The summed E-state index contributed by atoms with van der Waals surface area (Å²) in [6.07, 6.45) is 1.19. The second-order valence-electron chi connectivity index (χ2n) is 4.65. The number of nitrogens with one attached hydrogen (secondary N) is 1. The average Bonchev–Trinajstić information content (AvgIpc) is 2.32. The highest BCUT2D eigenvalue weighted by molar-refractivity contribution is 7.90. The third-order valence-electron chi connectivity index (χ3n) is 2.52. The molecule has 0 amide bonds. The Balaban J connectivity index is 2.34. The number of hydrogen-bond donors (Lipinski definition) is 1. The van der Waals surface area contributed by atoms with Crippen molar-refractivity contribution < 1.29 is 13.2 Å². The first-order valence-electron chi connectivity index (χ1n) is 6.18. The van der Waals surface area contributed by atoms with Crippen molar-refractivity contribution in [1.29, 1.82) is 0 Å². The van der Waals surface area contributed by atoms with Crippen molar-refractivity contribution in [2.75, 3.05) is 46.6 Å². The molecule has 0 saturated heterocycles. The number of hydrogen-bond acceptors (Lipinski definition) is 5. The first-order valence-corrected chi connectivity index (χ1v) is 8.07. The molecule has 108 valence electrons. The monoisotopic (exact) mass is 286 g/mol. The number of rotatable bonds is 8. The molecule has 1 N–H and O–H groups in total. The molecule has 0 unspecified atom stereocenters. The summed E-state index contributed by atoms with van der Waals surface area (Å²) >= 11 is 0. The van der Waals surface area contributed by atoms with E-state index in [-0.39, 0.29) is 4.90 Å². The van der Waals surface area contributed by atoms with Crippen molar-refractivity contribution >= 4 is 9.84 Å². The molecule has 0 atom stereocenters. The van der Waals surface area contributed by atoms with Crippen LogP contribution in [0.1, 0.15) is 0 Å². The van der Waals surface area contributed by atoms with Crippen molar-refractivity contribution in [1.82, 2.24) is 10.2 Å². The lowest BCUT2D eigenvalue weighted by Crippen LogP contribution is -2.29. The van der Waals surface area contributed by atoms with Crippen molar-refractivity contribution in [3.63, 3.8) is 0 Å². The second kappa shape index (κ2) is 7.47. The van der Waals surface area contributed by atoms with Gasteiger partial charge in [-0.3, -0.25) is 0 Å². The Kier molecular flexibility index (Phi) is 6.27. The highest BCUT2D eigenvalue weighted by Gasteiger charge is 2.07. The standard InChI is InChI=1S/C13H22N2O3S/c1-15(2)9-7-14-8-10-18-12-5-4-6-13(11-12)19(3,16)17/h4-6,11,14H,7-10H2,1-3H3. The molecule has 0 saturated carbocycles. The van der Waals surface area contributed by atoms with Gasteiger partial charge in [-0.2, -0.15) is 0 Å². The maximum absolute atomic E-state index is 11.4. The SMILES string of the molecule is CN(C)CCNCCOc1cccc(S(C)(=O)=O)c1. The number of benzene rings is 1. The lowest BCUT2D eigenvalue weighted by Gasteiger charge is -2.11. The summed E-state index contributed by atoms with van der Waals surface area (Å²) in [5, 5.41) is 3.25. The normalized spacial score (nSPS) is 11.8. The first-order chi connectivity index (χ1) is 8.89. The molecule has 1 aromatic carbocycles. The Morgan fingerprint density at radius 2 is 2.00 bits per heavy atom. The van der Waals surface area contributed by atoms with Crippen LogP contribution in [0.4, 0.5) is 0 Å². The van der Waals surface area contributed by atoms with E-state index < -0.39 is 9.84 Å². The quantitative estimate of drug-likeness (QED) is 0.710. The number of likely N-dealkylation sites (N-methyl/N-ethyl adjacent to an activating group) is 1. The molecule has 0 spiro atoms. The molecule has 1 rings (SSSR count). The first kappa shape index (κ1) is 15.9. The topological polar surface area (TPSA) is 58.6 Å². The van der Waals surface area contributed by atoms with Crippen LogP contribution in [0.2, 0.25) is 0 Å². The highest BCUT2D eigenvalue weighted by Crippen LogP contribution is 2.16. The Morgan fingerprint density at radius 3 is 2.63 bits per heavy atom. The minimum atomic E-state index is -3.18. The van der Waals surface area contributed by atoms with E-state index >= 15 is 0 Å². The van der Waals surface area contributed by atoms with Crippen molar-refractivity contribution in [3.8, 4) is 5.75 Å². The molecule has 0 radical (unpaired) electrons. The van der Waals surface area contributed by atoms with Gasteiger partial charge in [-0.1, -0.05) is 6.07 Å². The van der Waals surface area contributed by atoms with Gasteiger partial charge in [-0.25, -0.2) is 8.42 Å². The van der Waals surface area contributed by atoms with Crippen LogP contribution in [0.15, 0.2) is 29.2 Å². The Morgan fingerprint density at radius 1 is 1.26 bits per heavy atom. The zero-order chi connectivity index (χ0) is 14.3. The van der Waals surface area contributed by atoms with Crippen LogP contribution in [0.3, 0.4) is 0 Å². The van der Waals surface area contributed by atoms with E-state index in [0.29, 0.717) is 12.4 Å². The van der Waals surface area contributed by atoms with Crippen molar-refractivity contribution in [3.05, 3.63) is 24.3 Å². The molecule has 6 heteroatoms. The van der Waals surface area contributed by atoms with Crippen LogP contribution in [0.25, 0.3) is 0 Å². The van der Waals surface area contributed by atoms with E-state index in [4.69, 9.17) is 4.74 Å². The van der Waals surface area contributed by atoms with E-state index in [2.05, 4.69) is 10.2 Å². The van der Waals surface area contributed by atoms with E-state index in [9.17, 15) is 8.42 Å². The average molecular weight is 286 g/mol. The zero-order valence-electron chi connectivity index (χ0n) is 11.7. The van der Waals surface area contributed by atoms with Crippen LogP contribution < -0.4 is 10.1 Å². The molecule has 0 aliphatic heterocycles. The molecular weight excluding hydrogens is 264 g/mol. The van der Waals surface area contributed by atoms with E-state index in [1.165, 1.54) is 6.26 Å². The zero-order valence-corrected chi connectivity index (χ0v) is 12.5. The second-order valence-corrected chi connectivity index (χ2v) is 6.66. The number of ether oxygens (including phenoxy) is 1. The summed E-state index contributed by atoms with van der Waals surface area (Å²) < 4.78 is 28.3. The van der Waals surface area contributed by atoms with E-state index in [0.717, 1.165) is 19.6 Å². The van der Waals surface area contributed by atoms with Gasteiger partial charge in [0, 0.05) is 25.9 Å². The van der Waals surface area contributed by atoms with Gasteiger partial charge in [0.2, 0.25) is 0 Å². The minimum absolute atomic E-state index is 0.283. The Hall–Kier alpha value is -1.11. The van der Waals surface area contributed by atoms with Gasteiger partial charge in [-0.15, -0.1) is 0 Å². The molecule has 0 aromatic heterocycles. The summed E-state index contributed by atoms with van der Waals surface area (Å²) in [7, 11) is 0.870. The number of nitrogens with zero attached hydrogens (tertiary/aromatic N) is 1. The van der Waals surface area contributed by atoms with Gasteiger partial charge in [0.25, 0.3) is 0 Å². The van der Waals surface area contributed by atoms with Crippen LogP contribution in [-0.4, -0.2) is 59.9 Å². The smallest absolute Gasteiger partial charge is 0.175 e. The van der Waals surface area contributed by atoms with Gasteiger partial charge in [0.1, 0.15) is 12.4 Å². The molecule has 1 aromatic rings. The summed E-state index contributed by atoms with van der Waals surface area (Å²) in [5.41, 5.74) is 0. The van der Waals surface area contributed by atoms with Gasteiger partial charge in [-0.05, 0) is 32.3 Å². The third-order valence-corrected chi connectivity index (χ3v) is 3.63. The fourth-order valence-electron chi connectivity index (χ4n) is 1.46. The third kappa shape index (κ3) is 6.56. The Bertz CT molecular complexity index is 486. The largest absolute Gasteiger partial charge is 0.492 e. The predicted molar refractivity (Wildman–Crippen MR) is 76.5 cm³/mol. The van der Waals surface area contributed by atoms with Gasteiger partial charge in [0.05, 0.1) is 4.90 Å². The highest BCUT2D eigenvalue weighted by atomic mass is 32.2. The number of sulfone groups is 1. The lowest BCUT2D eigenvalue weighted by molar-refractivity contribution is 0.307. The summed E-state index contributed by atoms with van der Waals surface area (Å²) in [6, 6.07) is 6.56. The van der Waals surface area contributed by atoms with Gasteiger partial charge < -0.3 is 15.0 Å². The molecule has 19 heavy (non-hydrogen) atoms. The van der Waals surface area contributed by atoms with Gasteiger partial charge in [0.15, 0.2) is 9.84 Å². The molecular formula is C13H22N2O3S. The molecule has 0 aliphatic rings. The summed E-state index contributed by atoms with van der Waals surface area (Å²) in [6.45, 7) is 3.13. The Labute approximate surface area is 115 Å². The summed E-state index contributed by atoms with van der Waals surface area (Å²) in [4.78, 5) is 2.38.